The highest BCUT2D eigenvalue weighted by molar-refractivity contribution is 6.01. The summed E-state index contributed by atoms with van der Waals surface area (Å²) in [6.45, 7) is -0.803. The van der Waals surface area contributed by atoms with Gasteiger partial charge in [-0.25, -0.2) is 9.59 Å². The van der Waals surface area contributed by atoms with Gasteiger partial charge in [0.05, 0.1) is 0 Å². The van der Waals surface area contributed by atoms with Crippen LogP contribution >= 0.6 is 0 Å². The number of hydrogen-bond donors (Lipinski definition) is 2. The maximum atomic E-state index is 11.1. The number of hydrogen-bond acceptors (Lipinski definition) is 4. The molecule has 0 aliphatic carbocycles. The molecule has 0 aliphatic rings. The SMILES string of the molecule is O=C(CO)Oc1c(C(=O)O)ccc2ccccc12. The molecule has 92 valence electrons. The molecule has 18 heavy (non-hydrogen) atoms. The fraction of sp³-hybridized carbons (Fsp3) is 0.0769. The maximum Gasteiger partial charge on any atom is 0.339 e. The van der Waals surface area contributed by atoms with Gasteiger partial charge in [0.2, 0.25) is 0 Å². The van der Waals surface area contributed by atoms with Crippen LogP contribution in [0, 0.1) is 0 Å². The van der Waals surface area contributed by atoms with Gasteiger partial charge in [-0.15, -0.1) is 0 Å². The number of benzene rings is 2. The summed E-state index contributed by atoms with van der Waals surface area (Å²) in [6, 6.07) is 9.93. The van der Waals surface area contributed by atoms with Crippen LogP contribution in [0.2, 0.25) is 0 Å². The number of aliphatic hydroxyl groups excluding tert-OH is 1. The number of esters is 1. The summed E-state index contributed by atoms with van der Waals surface area (Å²) >= 11 is 0. The number of fused-ring (bicyclic) bond motifs is 1. The Morgan fingerprint density at radius 2 is 1.83 bits per heavy atom. The molecule has 5 nitrogen and oxygen atoms in total. The molecular weight excluding hydrogens is 236 g/mol. The molecule has 0 fully saturated rings. The maximum absolute atomic E-state index is 11.1. The van der Waals surface area contributed by atoms with E-state index >= 15 is 0 Å². The minimum absolute atomic E-state index is 0.0420. The molecule has 0 bridgehead atoms. The summed E-state index contributed by atoms with van der Waals surface area (Å²) in [5, 5.41) is 19.0. The number of aliphatic hydroxyl groups is 1. The van der Waals surface area contributed by atoms with Crippen molar-refractivity contribution in [3.8, 4) is 5.75 Å². The first-order chi connectivity index (χ1) is 8.63. The summed E-state index contributed by atoms with van der Waals surface area (Å²) in [4.78, 5) is 22.2. The lowest BCUT2D eigenvalue weighted by Gasteiger charge is -2.09. The molecule has 0 aromatic heterocycles. The van der Waals surface area contributed by atoms with Crippen molar-refractivity contribution in [1.82, 2.24) is 0 Å². The van der Waals surface area contributed by atoms with Crippen molar-refractivity contribution in [3.05, 3.63) is 42.0 Å². The molecule has 2 aromatic rings. The zero-order valence-electron chi connectivity index (χ0n) is 9.29. The fourth-order valence-electron chi connectivity index (χ4n) is 1.67. The lowest BCUT2D eigenvalue weighted by Crippen LogP contribution is -2.14. The van der Waals surface area contributed by atoms with Crippen LogP contribution in [0.25, 0.3) is 10.8 Å². The largest absolute Gasteiger partial charge is 0.478 e. The number of carboxylic acids is 1. The molecule has 0 saturated carbocycles. The Morgan fingerprint density at radius 3 is 2.50 bits per heavy atom. The van der Waals surface area contributed by atoms with Gasteiger partial charge in [-0.2, -0.15) is 0 Å². The van der Waals surface area contributed by atoms with E-state index in [-0.39, 0.29) is 11.3 Å². The second-order valence-electron chi connectivity index (χ2n) is 3.60. The third-order valence-electron chi connectivity index (χ3n) is 2.46. The quantitative estimate of drug-likeness (QED) is 0.632. The molecular formula is C13H10O5. The van der Waals surface area contributed by atoms with Crippen LogP contribution < -0.4 is 4.74 Å². The van der Waals surface area contributed by atoms with Crippen LogP contribution in [0.15, 0.2) is 36.4 Å². The fourth-order valence-corrected chi connectivity index (χ4v) is 1.67. The average Bonchev–Trinajstić information content (AvgIpc) is 2.38. The van der Waals surface area contributed by atoms with E-state index in [1.54, 1.807) is 30.3 Å². The number of rotatable bonds is 3. The molecule has 5 heteroatoms. The number of carbonyl (C=O) groups excluding carboxylic acids is 1. The Morgan fingerprint density at radius 1 is 1.11 bits per heavy atom. The van der Waals surface area contributed by atoms with Crippen molar-refractivity contribution in [2.45, 2.75) is 0 Å². The second kappa shape index (κ2) is 4.85. The Kier molecular flexibility index (Phi) is 3.25. The lowest BCUT2D eigenvalue weighted by atomic mass is 10.1. The molecule has 0 saturated heterocycles. The first-order valence-electron chi connectivity index (χ1n) is 5.20. The smallest absolute Gasteiger partial charge is 0.339 e. The Hall–Kier alpha value is -2.40. The zero-order chi connectivity index (χ0) is 13.1. The van der Waals surface area contributed by atoms with Crippen molar-refractivity contribution in [3.63, 3.8) is 0 Å². The third-order valence-corrected chi connectivity index (χ3v) is 2.46. The Labute approximate surface area is 102 Å². The molecule has 2 rings (SSSR count). The minimum atomic E-state index is -1.19. The third kappa shape index (κ3) is 2.16. The van der Waals surface area contributed by atoms with Crippen LogP contribution in [0.3, 0.4) is 0 Å². The van der Waals surface area contributed by atoms with E-state index in [2.05, 4.69) is 0 Å². The standard InChI is InChI=1S/C13H10O5/c14-7-11(15)18-12-9-4-2-1-3-8(9)5-6-10(12)13(16)17/h1-6,14H,7H2,(H,16,17). The lowest BCUT2D eigenvalue weighted by molar-refractivity contribution is -0.137. The number of aromatic carboxylic acids is 1. The highest BCUT2D eigenvalue weighted by atomic mass is 16.5. The van der Waals surface area contributed by atoms with Gasteiger partial charge in [-0.1, -0.05) is 30.3 Å². The molecule has 0 amide bonds. The van der Waals surface area contributed by atoms with E-state index in [9.17, 15) is 9.59 Å². The molecule has 0 spiro atoms. The van der Waals surface area contributed by atoms with E-state index in [0.29, 0.717) is 5.39 Å². The number of carboxylic acid groups (broad SMARTS) is 1. The molecule has 0 radical (unpaired) electrons. The van der Waals surface area contributed by atoms with Crippen LogP contribution in [0.5, 0.6) is 5.75 Å². The van der Waals surface area contributed by atoms with Gasteiger partial charge in [-0.05, 0) is 11.5 Å². The van der Waals surface area contributed by atoms with Gasteiger partial charge in [0.1, 0.15) is 12.2 Å². The second-order valence-corrected chi connectivity index (χ2v) is 3.60. The normalized spacial score (nSPS) is 10.3. The first kappa shape index (κ1) is 12.1. The van der Waals surface area contributed by atoms with Gasteiger partial charge in [0, 0.05) is 5.39 Å². The van der Waals surface area contributed by atoms with Crippen molar-refractivity contribution >= 4 is 22.7 Å². The van der Waals surface area contributed by atoms with Gasteiger partial charge < -0.3 is 14.9 Å². The summed E-state index contributed by atoms with van der Waals surface area (Å²) < 4.78 is 4.90. The van der Waals surface area contributed by atoms with E-state index in [0.717, 1.165) is 5.39 Å². The van der Waals surface area contributed by atoms with Gasteiger partial charge in [0.15, 0.2) is 5.75 Å². The Bertz CT molecular complexity index is 618. The minimum Gasteiger partial charge on any atom is -0.478 e. The molecule has 0 aliphatic heterocycles. The van der Waals surface area contributed by atoms with Crippen molar-refractivity contribution in [2.24, 2.45) is 0 Å². The Balaban J connectivity index is 2.66. The summed E-state index contributed by atoms with van der Waals surface area (Å²) in [7, 11) is 0. The van der Waals surface area contributed by atoms with Crippen molar-refractivity contribution in [2.75, 3.05) is 6.61 Å². The van der Waals surface area contributed by atoms with Crippen LogP contribution in [0.4, 0.5) is 0 Å². The van der Waals surface area contributed by atoms with E-state index in [4.69, 9.17) is 14.9 Å². The summed E-state index contributed by atoms with van der Waals surface area (Å²) in [6.07, 6.45) is 0. The average molecular weight is 246 g/mol. The van der Waals surface area contributed by atoms with E-state index in [1.165, 1.54) is 6.07 Å². The van der Waals surface area contributed by atoms with Gasteiger partial charge >= 0.3 is 11.9 Å². The highest BCUT2D eigenvalue weighted by Gasteiger charge is 2.17. The molecule has 0 heterocycles. The topological polar surface area (TPSA) is 83.8 Å². The summed E-state index contributed by atoms with van der Waals surface area (Å²) in [5.41, 5.74) is -0.115. The molecule has 2 N–H and O–H groups in total. The molecule has 2 aromatic carbocycles. The van der Waals surface area contributed by atoms with E-state index in [1.807, 2.05) is 0 Å². The molecule has 0 atom stereocenters. The zero-order valence-corrected chi connectivity index (χ0v) is 9.29. The predicted molar refractivity (Wildman–Crippen MR) is 63.6 cm³/mol. The summed E-state index contributed by atoms with van der Waals surface area (Å²) in [5.74, 6) is -2.13. The monoisotopic (exact) mass is 246 g/mol. The van der Waals surface area contributed by atoms with E-state index < -0.39 is 18.5 Å². The molecule has 0 unspecified atom stereocenters. The first-order valence-corrected chi connectivity index (χ1v) is 5.20. The van der Waals surface area contributed by atoms with Crippen molar-refractivity contribution in [1.29, 1.82) is 0 Å². The number of carbonyl (C=O) groups is 2. The van der Waals surface area contributed by atoms with Crippen LogP contribution in [-0.4, -0.2) is 28.8 Å². The van der Waals surface area contributed by atoms with Crippen molar-refractivity contribution < 1.29 is 24.5 Å². The van der Waals surface area contributed by atoms with Gasteiger partial charge in [0.25, 0.3) is 0 Å². The number of ether oxygens (including phenoxy) is 1. The van der Waals surface area contributed by atoms with Gasteiger partial charge in [-0.3, -0.25) is 0 Å². The highest BCUT2D eigenvalue weighted by Crippen LogP contribution is 2.30. The van der Waals surface area contributed by atoms with Crippen LogP contribution in [-0.2, 0) is 4.79 Å². The predicted octanol–water partition coefficient (Wildman–Crippen LogP) is 1.44. The van der Waals surface area contributed by atoms with Crippen LogP contribution in [0.1, 0.15) is 10.4 Å².